The van der Waals surface area contributed by atoms with E-state index in [4.69, 9.17) is 9.47 Å². The van der Waals surface area contributed by atoms with Crippen LogP contribution in [-0.4, -0.2) is 74.7 Å². The van der Waals surface area contributed by atoms with Crippen molar-refractivity contribution in [3.63, 3.8) is 0 Å². The van der Waals surface area contributed by atoms with Gasteiger partial charge in [-0.15, -0.1) is 0 Å². The predicted molar refractivity (Wildman–Crippen MR) is 115 cm³/mol. The molecule has 0 amide bonds. The molecule has 0 aromatic heterocycles. The Morgan fingerprint density at radius 1 is 1.09 bits per heavy atom. The number of unbranched alkanes of at least 4 members (excludes halogenated alkanes) is 1. The van der Waals surface area contributed by atoms with Gasteiger partial charge in [-0.3, -0.25) is 0 Å². The van der Waals surface area contributed by atoms with Gasteiger partial charge >= 0.3 is 5.97 Å². The summed E-state index contributed by atoms with van der Waals surface area (Å²) in [4.78, 5) is 12.4. The van der Waals surface area contributed by atoms with E-state index in [0.29, 0.717) is 18.4 Å². The Morgan fingerprint density at radius 2 is 1.75 bits per heavy atom. The van der Waals surface area contributed by atoms with Crippen molar-refractivity contribution in [1.82, 2.24) is 0 Å². The maximum Gasteiger partial charge on any atom is 0.341 e. The van der Waals surface area contributed by atoms with Crippen molar-refractivity contribution in [2.24, 2.45) is 0 Å². The SMILES string of the molecule is CCC/C=C\C=C\CCc1cc(O)c([C@@H]2O[C@H](CO)[C@@H](O)[C@H](O)[C@H]2O)c(O)c1C(=O)OC. The molecule has 1 fully saturated rings. The van der Waals surface area contributed by atoms with Crippen LogP contribution in [0.3, 0.4) is 0 Å². The van der Waals surface area contributed by atoms with Crippen molar-refractivity contribution in [1.29, 1.82) is 0 Å². The normalized spacial score (nSPS) is 26.1. The quantitative estimate of drug-likeness (QED) is 0.240. The zero-order chi connectivity index (χ0) is 23.8. The van der Waals surface area contributed by atoms with Gasteiger partial charge < -0.3 is 40.1 Å². The van der Waals surface area contributed by atoms with E-state index >= 15 is 0 Å². The van der Waals surface area contributed by atoms with Crippen LogP contribution in [0.5, 0.6) is 11.5 Å². The average Bonchev–Trinajstić information content (AvgIpc) is 2.77. The van der Waals surface area contributed by atoms with E-state index in [-0.39, 0.29) is 11.1 Å². The topological polar surface area (TPSA) is 157 Å². The van der Waals surface area contributed by atoms with Crippen molar-refractivity contribution < 1.29 is 44.9 Å². The highest BCUT2D eigenvalue weighted by atomic mass is 16.5. The molecule has 9 heteroatoms. The van der Waals surface area contributed by atoms with Crippen molar-refractivity contribution in [3.8, 4) is 11.5 Å². The number of aryl methyl sites for hydroxylation is 1. The van der Waals surface area contributed by atoms with Gasteiger partial charge in [-0.25, -0.2) is 4.79 Å². The number of carbonyl (C=O) groups is 1. The van der Waals surface area contributed by atoms with Crippen LogP contribution >= 0.6 is 0 Å². The molecule has 1 aliphatic rings. The van der Waals surface area contributed by atoms with Crippen molar-refractivity contribution >= 4 is 5.97 Å². The number of phenolic OH excluding ortho intramolecular Hbond substituents is 2. The lowest BCUT2D eigenvalue weighted by atomic mass is 9.87. The minimum Gasteiger partial charge on any atom is -0.507 e. The number of phenols is 2. The standard InChI is InChI=1S/C23H32O9/c1-3-4-5-6-7-8-9-10-13-11-14(25)17(19(27)16(13)23(30)31-2)22-21(29)20(28)18(26)15(12-24)32-22/h5-8,11,15,18,20-22,24-29H,3-4,9-10,12H2,1-2H3/b6-5-,8-7+/t15-,18-,20+,21-,22+/m1/s1. The summed E-state index contributed by atoms with van der Waals surface area (Å²) in [6.07, 6.45) is 2.73. The highest BCUT2D eigenvalue weighted by Crippen LogP contribution is 2.44. The zero-order valence-electron chi connectivity index (χ0n) is 18.2. The van der Waals surface area contributed by atoms with Gasteiger partial charge in [0.2, 0.25) is 0 Å². The van der Waals surface area contributed by atoms with Gasteiger partial charge in [0.1, 0.15) is 47.6 Å². The summed E-state index contributed by atoms with van der Waals surface area (Å²) < 4.78 is 10.2. The lowest BCUT2D eigenvalue weighted by Crippen LogP contribution is -2.55. The second kappa shape index (κ2) is 12.0. The van der Waals surface area contributed by atoms with Crippen LogP contribution in [0.15, 0.2) is 30.4 Å². The monoisotopic (exact) mass is 452 g/mol. The van der Waals surface area contributed by atoms with Crippen LogP contribution in [0.4, 0.5) is 0 Å². The van der Waals surface area contributed by atoms with Crippen LogP contribution < -0.4 is 0 Å². The molecule has 1 aromatic carbocycles. The predicted octanol–water partition coefficient (Wildman–Crippen LogP) is 1.24. The Kier molecular flexibility index (Phi) is 9.67. The summed E-state index contributed by atoms with van der Waals surface area (Å²) in [7, 11) is 1.14. The highest BCUT2D eigenvalue weighted by molar-refractivity contribution is 5.95. The number of ether oxygens (including phenoxy) is 2. The summed E-state index contributed by atoms with van der Waals surface area (Å²) >= 11 is 0. The molecule has 1 heterocycles. The van der Waals surface area contributed by atoms with E-state index in [2.05, 4.69) is 6.92 Å². The third-order valence-corrected chi connectivity index (χ3v) is 5.39. The number of benzene rings is 1. The minimum atomic E-state index is -1.74. The molecule has 0 spiro atoms. The van der Waals surface area contributed by atoms with E-state index in [1.54, 1.807) is 0 Å². The van der Waals surface area contributed by atoms with E-state index in [9.17, 15) is 35.4 Å². The van der Waals surface area contributed by atoms with Crippen molar-refractivity contribution in [3.05, 3.63) is 47.1 Å². The Balaban J connectivity index is 2.39. The molecular formula is C23H32O9. The smallest absolute Gasteiger partial charge is 0.341 e. The number of hydrogen-bond acceptors (Lipinski definition) is 9. The first kappa shape index (κ1) is 25.8. The van der Waals surface area contributed by atoms with Gasteiger partial charge in [-0.1, -0.05) is 37.6 Å². The van der Waals surface area contributed by atoms with Crippen molar-refractivity contribution in [2.45, 2.75) is 63.1 Å². The van der Waals surface area contributed by atoms with Crippen molar-refractivity contribution in [2.75, 3.05) is 13.7 Å². The number of aliphatic hydroxyl groups is 4. The molecule has 1 aliphatic heterocycles. The summed E-state index contributed by atoms with van der Waals surface area (Å²) in [5.41, 5.74) is -0.223. The van der Waals surface area contributed by atoms with Crippen LogP contribution in [-0.2, 0) is 15.9 Å². The largest absolute Gasteiger partial charge is 0.507 e. The first-order chi connectivity index (χ1) is 15.3. The fourth-order valence-corrected chi connectivity index (χ4v) is 3.63. The van der Waals surface area contributed by atoms with E-state index in [1.165, 1.54) is 6.07 Å². The van der Waals surface area contributed by atoms with Gasteiger partial charge in [0.15, 0.2) is 0 Å². The average molecular weight is 453 g/mol. The Hall–Kier alpha value is -2.43. The molecular weight excluding hydrogens is 420 g/mol. The lowest BCUT2D eigenvalue weighted by Gasteiger charge is -2.40. The zero-order valence-corrected chi connectivity index (χ0v) is 18.2. The Morgan fingerprint density at radius 3 is 2.34 bits per heavy atom. The third-order valence-electron chi connectivity index (χ3n) is 5.39. The molecule has 1 aromatic rings. The number of allylic oxidation sites excluding steroid dienone is 4. The maximum atomic E-state index is 12.4. The maximum absolute atomic E-state index is 12.4. The molecule has 0 radical (unpaired) electrons. The van der Waals surface area contributed by atoms with Gasteiger partial charge in [-0.2, -0.15) is 0 Å². The van der Waals surface area contributed by atoms with Gasteiger partial charge in [-0.05, 0) is 30.9 Å². The molecule has 2 rings (SSSR count). The number of aliphatic hydroxyl groups excluding tert-OH is 4. The summed E-state index contributed by atoms with van der Waals surface area (Å²) in [5.74, 6) is -1.99. The molecule has 32 heavy (non-hydrogen) atoms. The third kappa shape index (κ3) is 5.67. The second-order valence-electron chi connectivity index (χ2n) is 7.62. The Bertz CT molecular complexity index is 831. The summed E-state index contributed by atoms with van der Waals surface area (Å²) in [6.45, 7) is 1.40. The molecule has 178 valence electrons. The van der Waals surface area contributed by atoms with Crippen LogP contribution in [0.2, 0.25) is 0 Å². The van der Waals surface area contributed by atoms with E-state index in [0.717, 1.165) is 20.0 Å². The van der Waals surface area contributed by atoms with Crippen LogP contribution in [0, 0.1) is 0 Å². The number of methoxy groups -OCH3 is 1. The van der Waals surface area contributed by atoms with E-state index in [1.807, 2.05) is 24.3 Å². The van der Waals surface area contributed by atoms with Gasteiger partial charge in [0.05, 0.1) is 19.3 Å². The first-order valence-corrected chi connectivity index (χ1v) is 10.6. The summed E-state index contributed by atoms with van der Waals surface area (Å²) in [5, 5.41) is 61.2. The summed E-state index contributed by atoms with van der Waals surface area (Å²) in [6, 6.07) is 1.27. The second-order valence-corrected chi connectivity index (χ2v) is 7.62. The van der Waals surface area contributed by atoms with Crippen LogP contribution in [0.1, 0.15) is 53.8 Å². The first-order valence-electron chi connectivity index (χ1n) is 10.6. The number of rotatable bonds is 9. The fourth-order valence-electron chi connectivity index (χ4n) is 3.63. The fraction of sp³-hybridized carbons (Fsp3) is 0.522. The minimum absolute atomic E-state index is 0.202. The van der Waals surface area contributed by atoms with Crippen LogP contribution in [0.25, 0.3) is 0 Å². The highest BCUT2D eigenvalue weighted by Gasteiger charge is 2.46. The lowest BCUT2D eigenvalue weighted by molar-refractivity contribution is -0.232. The number of carbonyl (C=O) groups excluding carboxylic acids is 1. The number of esters is 1. The molecule has 9 nitrogen and oxygen atoms in total. The molecule has 0 bridgehead atoms. The molecule has 0 saturated carbocycles. The van der Waals surface area contributed by atoms with Gasteiger partial charge in [0, 0.05) is 0 Å². The Labute approximate surface area is 186 Å². The van der Waals surface area contributed by atoms with Gasteiger partial charge in [0.25, 0.3) is 0 Å². The number of hydrogen-bond donors (Lipinski definition) is 6. The molecule has 5 atom stereocenters. The molecule has 6 N–H and O–H groups in total. The molecule has 0 unspecified atom stereocenters. The van der Waals surface area contributed by atoms with E-state index < -0.39 is 54.6 Å². The molecule has 0 aliphatic carbocycles. The number of aromatic hydroxyl groups is 2. The molecule has 1 saturated heterocycles.